The molecule has 0 atom stereocenters. The minimum atomic E-state index is 0.132. The van der Waals surface area contributed by atoms with Crippen LogP contribution in [0.2, 0.25) is 0 Å². The molecule has 14 heavy (non-hydrogen) atoms. The van der Waals surface area contributed by atoms with Crippen LogP contribution in [0.3, 0.4) is 0 Å². The van der Waals surface area contributed by atoms with Crippen molar-refractivity contribution in [1.29, 1.82) is 5.26 Å². The van der Waals surface area contributed by atoms with E-state index in [-0.39, 0.29) is 5.11 Å². The molecule has 0 radical (unpaired) electrons. The van der Waals surface area contributed by atoms with Crippen LogP contribution < -0.4 is 11.6 Å². The third-order valence-electron chi connectivity index (χ3n) is 1.69. The fraction of sp³-hybridized carbons (Fsp3) is 0.111. The highest BCUT2D eigenvalue weighted by atomic mass is 32.1. The van der Waals surface area contributed by atoms with Crippen molar-refractivity contribution in [3.05, 3.63) is 35.4 Å². The molecule has 1 rings (SSSR count). The molecule has 72 valence electrons. The number of nitriles is 1. The van der Waals surface area contributed by atoms with Gasteiger partial charge in [-0.25, -0.2) is 5.84 Å². The molecule has 5 heteroatoms. The minimum absolute atomic E-state index is 0.132. The summed E-state index contributed by atoms with van der Waals surface area (Å²) in [6.45, 7) is 0.408. The highest BCUT2D eigenvalue weighted by Crippen LogP contribution is 2.05. The molecular weight excluding hydrogens is 196 g/mol. The van der Waals surface area contributed by atoms with Crippen LogP contribution in [0.5, 0.6) is 0 Å². The van der Waals surface area contributed by atoms with Gasteiger partial charge >= 0.3 is 0 Å². The molecule has 0 spiro atoms. The predicted molar refractivity (Wildman–Crippen MR) is 57.7 cm³/mol. The summed E-state index contributed by atoms with van der Waals surface area (Å²) in [6.07, 6.45) is 0. The molecule has 0 amide bonds. The monoisotopic (exact) mass is 206 g/mol. The first-order valence-corrected chi connectivity index (χ1v) is 4.35. The standard InChI is InChI=1S/C9H10N4S/c10-5-7-2-1-3-8(4-7)6-13(12)9(11)14/h1-4H,6,12H2,(H2,11,14). The van der Waals surface area contributed by atoms with E-state index in [9.17, 15) is 0 Å². The lowest BCUT2D eigenvalue weighted by Gasteiger charge is -2.15. The Balaban J connectivity index is 2.78. The number of benzene rings is 1. The first kappa shape index (κ1) is 10.4. The first-order chi connectivity index (χ1) is 6.63. The molecule has 0 bridgehead atoms. The Morgan fingerprint density at radius 3 is 2.86 bits per heavy atom. The lowest BCUT2D eigenvalue weighted by Crippen LogP contribution is -2.40. The molecule has 4 nitrogen and oxygen atoms in total. The molecule has 1 aromatic rings. The van der Waals surface area contributed by atoms with Crippen molar-refractivity contribution < 1.29 is 0 Å². The molecule has 0 aliphatic rings. The normalized spacial score (nSPS) is 9.14. The molecular formula is C9H10N4S. The van der Waals surface area contributed by atoms with Crippen molar-refractivity contribution in [1.82, 2.24) is 5.01 Å². The fourth-order valence-corrected chi connectivity index (χ4v) is 1.08. The summed E-state index contributed by atoms with van der Waals surface area (Å²) in [5.41, 5.74) is 6.82. The van der Waals surface area contributed by atoms with Gasteiger partial charge in [0.2, 0.25) is 0 Å². The van der Waals surface area contributed by atoms with E-state index in [1.165, 1.54) is 5.01 Å². The van der Waals surface area contributed by atoms with Crippen LogP contribution in [0.15, 0.2) is 24.3 Å². The van der Waals surface area contributed by atoms with Gasteiger partial charge in [0.05, 0.1) is 18.2 Å². The quantitative estimate of drug-likeness (QED) is 0.418. The lowest BCUT2D eigenvalue weighted by molar-refractivity contribution is 0.437. The van der Waals surface area contributed by atoms with Crippen molar-refractivity contribution in [2.45, 2.75) is 6.54 Å². The van der Waals surface area contributed by atoms with Crippen LogP contribution in [0, 0.1) is 11.3 Å². The van der Waals surface area contributed by atoms with E-state index in [0.29, 0.717) is 12.1 Å². The van der Waals surface area contributed by atoms with Crippen LogP contribution >= 0.6 is 12.2 Å². The van der Waals surface area contributed by atoms with E-state index in [4.69, 9.17) is 29.1 Å². The summed E-state index contributed by atoms with van der Waals surface area (Å²) in [7, 11) is 0. The minimum Gasteiger partial charge on any atom is -0.375 e. The summed E-state index contributed by atoms with van der Waals surface area (Å²) in [4.78, 5) is 0. The Morgan fingerprint density at radius 2 is 2.29 bits per heavy atom. The number of hydrogen-bond acceptors (Lipinski definition) is 3. The summed E-state index contributed by atoms with van der Waals surface area (Å²) in [5.74, 6) is 5.52. The van der Waals surface area contributed by atoms with Crippen molar-refractivity contribution in [2.75, 3.05) is 0 Å². The van der Waals surface area contributed by atoms with Crippen LogP contribution in [0.4, 0.5) is 0 Å². The van der Waals surface area contributed by atoms with Crippen LogP contribution in [-0.4, -0.2) is 10.1 Å². The maximum absolute atomic E-state index is 8.66. The Kier molecular flexibility index (Phi) is 3.40. The molecule has 1 aromatic carbocycles. The van der Waals surface area contributed by atoms with E-state index in [1.54, 1.807) is 18.2 Å². The molecule has 0 aliphatic carbocycles. The van der Waals surface area contributed by atoms with E-state index < -0.39 is 0 Å². The van der Waals surface area contributed by atoms with Crippen molar-refractivity contribution in [3.8, 4) is 6.07 Å². The van der Waals surface area contributed by atoms with Gasteiger partial charge in [0, 0.05) is 0 Å². The zero-order valence-electron chi connectivity index (χ0n) is 7.47. The van der Waals surface area contributed by atoms with Gasteiger partial charge in [-0.1, -0.05) is 12.1 Å². The maximum atomic E-state index is 8.66. The summed E-state index contributed by atoms with van der Waals surface area (Å²) in [6, 6.07) is 9.17. The van der Waals surface area contributed by atoms with E-state index in [2.05, 4.69) is 0 Å². The highest BCUT2D eigenvalue weighted by Gasteiger charge is 2.02. The summed E-state index contributed by atoms with van der Waals surface area (Å²) < 4.78 is 0. The fourth-order valence-electron chi connectivity index (χ4n) is 1.01. The van der Waals surface area contributed by atoms with Gasteiger partial charge in [0.1, 0.15) is 0 Å². The van der Waals surface area contributed by atoms with Gasteiger partial charge in [0.25, 0.3) is 0 Å². The van der Waals surface area contributed by atoms with Gasteiger partial charge in [-0.3, -0.25) is 5.01 Å². The Bertz CT molecular complexity index is 383. The van der Waals surface area contributed by atoms with E-state index >= 15 is 0 Å². The summed E-state index contributed by atoms with van der Waals surface area (Å²) in [5, 5.41) is 10.0. The van der Waals surface area contributed by atoms with Gasteiger partial charge in [-0.05, 0) is 29.9 Å². The third-order valence-corrected chi connectivity index (χ3v) is 1.93. The largest absolute Gasteiger partial charge is 0.375 e. The molecule has 0 aromatic heterocycles. The van der Waals surface area contributed by atoms with Gasteiger partial charge < -0.3 is 5.73 Å². The molecule has 0 heterocycles. The number of thiocarbonyl (C=S) groups is 1. The Hall–Kier alpha value is -1.64. The average Bonchev–Trinajstić information content (AvgIpc) is 2.18. The van der Waals surface area contributed by atoms with Crippen LogP contribution in [-0.2, 0) is 6.54 Å². The highest BCUT2D eigenvalue weighted by molar-refractivity contribution is 7.80. The van der Waals surface area contributed by atoms with Gasteiger partial charge in [0.15, 0.2) is 5.11 Å². The van der Waals surface area contributed by atoms with Gasteiger partial charge in [-0.2, -0.15) is 5.26 Å². The Morgan fingerprint density at radius 1 is 1.57 bits per heavy atom. The number of nitrogens with two attached hydrogens (primary N) is 2. The second kappa shape index (κ2) is 4.56. The molecule has 0 fully saturated rings. The second-order valence-corrected chi connectivity index (χ2v) is 3.20. The third kappa shape index (κ3) is 2.69. The molecule has 0 unspecified atom stereocenters. The number of hydrogen-bond donors (Lipinski definition) is 2. The molecule has 0 aliphatic heterocycles. The van der Waals surface area contributed by atoms with E-state index in [1.807, 2.05) is 12.1 Å². The summed E-state index contributed by atoms with van der Waals surface area (Å²) >= 11 is 4.69. The second-order valence-electron chi connectivity index (χ2n) is 2.78. The average molecular weight is 206 g/mol. The predicted octanol–water partition coefficient (Wildman–Crippen LogP) is 0.478. The lowest BCUT2D eigenvalue weighted by atomic mass is 10.1. The first-order valence-electron chi connectivity index (χ1n) is 3.94. The van der Waals surface area contributed by atoms with Gasteiger partial charge in [-0.15, -0.1) is 0 Å². The topological polar surface area (TPSA) is 79.1 Å². The van der Waals surface area contributed by atoms with Crippen molar-refractivity contribution in [2.24, 2.45) is 11.6 Å². The van der Waals surface area contributed by atoms with Crippen LogP contribution in [0.1, 0.15) is 11.1 Å². The zero-order valence-corrected chi connectivity index (χ0v) is 8.29. The Labute approximate surface area is 87.7 Å². The smallest absolute Gasteiger partial charge is 0.180 e. The number of rotatable bonds is 2. The van der Waals surface area contributed by atoms with Crippen molar-refractivity contribution >= 4 is 17.3 Å². The number of nitrogens with zero attached hydrogens (tertiary/aromatic N) is 2. The van der Waals surface area contributed by atoms with E-state index in [0.717, 1.165) is 5.56 Å². The van der Waals surface area contributed by atoms with Crippen LogP contribution in [0.25, 0.3) is 0 Å². The molecule has 0 saturated carbocycles. The zero-order chi connectivity index (χ0) is 10.6. The molecule has 4 N–H and O–H groups in total. The number of hydrazine groups is 1. The molecule has 0 saturated heterocycles. The maximum Gasteiger partial charge on any atom is 0.180 e. The van der Waals surface area contributed by atoms with Crippen molar-refractivity contribution in [3.63, 3.8) is 0 Å². The SMILES string of the molecule is N#Cc1cccc(CN(N)C(N)=S)c1.